The molecule has 0 aromatic heterocycles. The molecule has 0 saturated carbocycles. The SMILES string of the molecule is Cc1ccccc1NC(=O)C(=O)Nc1ccc(Cl)cc1C. The van der Waals surface area contributed by atoms with E-state index < -0.39 is 11.8 Å². The first-order chi connectivity index (χ1) is 9.97. The van der Waals surface area contributed by atoms with Crippen molar-refractivity contribution < 1.29 is 9.59 Å². The molecule has 0 fully saturated rings. The molecule has 108 valence electrons. The zero-order valence-electron chi connectivity index (χ0n) is 11.7. The van der Waals surface area contributed by atoms with E-state index in [-0.39, 0.29) is 0 Å². The third kappa shape index (κ3) is 3.83. The van der Waals surface area contributed by atoms with Gasteiger partial charge in [-0.05, 0) is 49.2 Å². The monoisotopic (exact) mass is 302 g/mol. The predicted octanol–water partition coefficient (Wildman–Crippen LogP) is 3.53. The third-order valence-corrected chi connectivity index (χ3v) is 3.27. The van der Waals surface area contributed by atoms with Gasteiger partial charge in [-0.3, -0.25) is 9.59 Å². The Balaban J connectivity index is 2.06. The van der Waals surface area contributed by atoms with E-state index in [1.165, 1.54) is 0 Å². The Morgan fingerprint density at radius 3 is 2.00 bits per heavy atom. The number of para-hydroxylation sites is 1. The molecule has 4 nitrogen and oxygen atoms in total. The molecule has 2 aromatic carbocycles. The number of carbonyl (C=O) groups is 2. The van der Waals surface area contributed by atoms with E-state index in [1.54, 1.807) is 37.3 Å². The molecule has 0 radical (unpaired) electrons. The molecule has 0 aliphatic carbocycles. The van der Waals surface area contributed by atoms with Crippen LogP contribution in [0.2, 0.25) is 5.02 Å². The van der Waals surface area contributed by atoms with Gasteiger partial charge in [0, 0.05) is 16.4 Å². The summed E-state index contributed by atoms with van der Waals surface area (Å²) in [6.45, 7) is 3.66. The highest BCUT2D eigenvalue weighted by Crippen LogP contribution is 2.19. The number of amides is 2. The second-order valence-corrected chi connectivity index (χ2v) is 5.12. The molecular formula is C16H15ClN2O2. The summed E-state index contributed by atoms with van der Waals surface area (Å²) in [5.74, 6) is -1.43. The number of halogens is 1. The maximum atomic E-state index is 11.9. The Morgan fingerprint density at radius 1 is 0.857 bits per heavy atom. The van der Waals surface area contributed by atoms with Gasteiger partial charge in [-0.15, -0.1) is 0 Å². The summed E-state index contributed by atoms with van der Waals surface area (Å²) in [5, 5.41) is 5.73. The van der Waals surface area contributed by atoms with Gasteiger partial charge in [0.25, 0.3) is 0 Å². The van der Waals surface area contributed by atoms with Crippen molar-refractivity contribution in [3.8, 4) is 0 Å². The van der Waals surface area contributed by atoms with Crippen molar-refractivity contribution in [2.45, 2.75) is 13.8 Å². The number of aryl methyl sites for hydroxylation is 2. The lowest BCUT2D eigenvalue weighted by Crippen LogP contribution is -2.29. The van der Waals surface area contributed by atoms with Gasteiger partial charge in [-0.1, -0.05) is 29.8 Å². The van der Waals surface area contributed by atoms with Crippen LogP contribution in [0.4, 0.5) is 11.4 Å². The van der Waals surface area contributed by atoms with Crippen molar-refractivity contribution in [1.82, 2.24) is 0 Å². The Hall–Kier alpha value is -2.33. The van der Waals surface area contributed by atoms with Gasteiger partial charge in [0.1, 0.15) is 0 Å². The van der Waals surface area contributed by atoms with E-state index in [1.807, 2.05) is 19.1 Å². The minimum atomic E-state index is -0.719. The van der Waals surface area contributed by atoms with E-state index in [9.17, 15) is 9.59 Å². The van der Waals surface area contributed by atoms with Crippen LogP contribution in [0.15, 0.2) is 42.5 Å². The van der Waals surface area contributed by atoms with Crippen LogP contribution in [0.5, 0.6) is 0 Å². The summed E-state index contributed by atoms with van der Waals surface area (Å²) < 4.78 is 0. The fourth-order valence-corrected chi connectivity index (χ4v) is 2.07. The maximum Gasteiger partial charge on any atom is 0.314 e. The van der Waals surface area contributed by atoms with Crippen LogP contribution in [0, 0.1) is 13.8 Å². The van der Waals surface area contributed by atoms with Crippen molar-refractivity contribution in [1.29, 1.82) is 0 Å². The molecule has 2 N–H and O–H groups in total. The first-order valence-corrected chi connectivity index (χ1v) is 6.79. The fraction of sp³-hybridized carbons (Fsp3) is 0.125. The quantitative estimate of drug-likeness (QED) is 0.834. The Labute approximate surface area is 128 Å². The van der Waals surface area contributed by atoms with Crippen molar-refractivity contribution in [3.63, 3.8) is 0 Å². The van der Waals surface area contributed by atoms with Crippen LogP contribution < -0.4 is 10.6 Å². The Bertz CT molecular complexity index is 698. The minimum Gasteiger partial charge on any atom is -0.318 e. The zero-order chi connectivity index (χ0) is 15.4. The van der Waals surface area contributed by atoms with Gasteiger partial charge in [-0.25, -0.2) is 0 Å². The standard InChI is InChI=1S/C16H15ClN2O2/c1-10-5-3-4-6-13(10)18-15(20)16(21)19-14-8-7-12(17)9-11(14)2/h3-9H,1-2H3,(H,18,20)(H,19,21). The van der Waals surface area contributed by atoms with Crippen LogP contribution >= 0.6 is 11.6 Å². The molecule has 0 spiro atoms. The van der Waals surface area contributed by atoms with Crippen molar-refractivity contribution in [3.05, 3.63) is 58.6 Å². The van der Waals surface area contributed by atoms with E-state index in [0.717, 1.165) is 11.1 Å². The summed E-state index contributed by atoms with van der Waals surface area (Å²) in [6.07, 6.45) is 0. The van der Waals surface area contributed by atoms with E-state index >= 15 is 0 Å². The lowest BCUT2D eigenvalue weighted by Gasteiger charge is -2.10. The van der Waals surface area contributed by atoms with Crippen molar-refractivity contribution in [2.75, 3.05) is 10.6 Å². The second-order valence-electron chi connectivity index (χ2n) is 4.68. The van der Waals surface area contributed by atoms with Gasteiger partial charge >= 0.3 is 11.8 Å². The summed E-state index contributed by atoms with van der Waals surface area (Å²) in [5.41, 5.74) is 2.86. The summed E-state index contributed by atoms with van der Waals surface area (Å²) >= 11 is 5.85. The number of hydrogen-bond acceptors (Lipinski definition) is 2. The molecule has 0 aliphatic rings. The molecule has 0 heterocycles. The van der Waals surface area contributed by atoms with Crippen LogP contribution in [0.1, 0.15) is 11.1 Å². The van der Waals surface area contributed by atoms with E-state index in [0.29, 0.717) is 16.4 Å². The van der Waals surface area contributed by atoms with Crippen molar-refractivity contribution in [2.24, 2.45) is 0 Å². The first-order valence-electron chi connectivity index (χ1n) is 6.41. The molecule has 0 saturated heterocycles. The topological polar surface area (TPSA) is 58.2 Å². The maximum absolute atomic E-state index is 11.9. The number of benzene rings is 2. The summed E-state index contributed by atoms with van der Waals surface area (Å²) in [4.78, 5) is 23.8. The molecular weight excluding hydrogens is 288 g/mol. The van der Waals surface area contributed by atoms with Crippen LogP contribution in [-0.4, -0.2) is 11.8 Å². The summed E-state index contributed by atoms with van der Waals surface area (Å²) in [6, 6.07) is 12.3. The number of carbonyl (C=O) groups excluding carboxylic acids is 2. The highest BCUT2D eigenvalue weighted by Gasteiger charge is 2.15. The molecule has 0 bridgehead atoms. The van der Waals surface area contributed by atoms with Crippen molar-refractivity contribution >= 4 is 34.8 Å². The minimum absolute atomic E-state index is 0.560. The number of hydrogen-bond donors (Lipinski definition) is 2. The van der Waals surface area contributed by atoms with Gasteiger partial charge in [0.05, 0.1) is 0 Å². The van der Waals surface area contributed by atoms with E-state index in [4.69, 9.17) is 11.6 Å². The number of anilines is 2. The average Bonchev–Trinajstić information content (AvgIpc) is 2.44. The van der Waals surface area contributed by atoms with Crippen LogP contribution in [0.25, 0.3) is 0 Å². The third-order valence-electron chi connectivity index (χ3n) is 3.04. The molecule has 2 rings (SSSR count). The second kappa shape index (κ2) is 6.41. The smallest absolute Gasteiger partial charge is 0.314 e. The Kier molecular flexibility index (Phi) is 4.60. The normalized spacial score (nSPS) is 10.0. The lowest BCUT2D eigenvalue weighted by atomic mass is 10.2. The molecule has 0 atom stereocenters. The number of nitrogens with one attached hydrogen (secondary N) is 2. The first kappa shape index (κ1) is 15.1. The zero-order valence-corrected chi connectivity index (χ0v) is 12.5. The highest BCUT2D eigenvalue weighted by molar-refractivity contribution is 6.43. The molecule has 21 heavy (non-hydrogen) atoms. The van der Waals surface area contributed by atoms with Crippen LogP contribution in [0.3, 0.4) is 0 Å². The molecule has 2 aromatic rings. The van der Waals surface area contributed by atoms with E-state index in [2.05, 4.69) is 10.6 Å². The van der Waals surface area contributed by atoms with Gasteiger partial charge in [-0.2, -0.15) is 0 Å². The van der Waals surface area contributed by atoms with Gasteiger partial charge in [0.15, 0.2) is 0 Å². The molecule has 5 heteroatoms. The molecule has 0 unspecified atom stereocenters. The number of rotatable bonds is 2. The molecule has 2 amide bonds. The Morgan fingerprint density at radius 2 is 1.43 bits per heavy atom. The van der Waals surface area contributed by atoms with Gasteiger partial charge in [0.2, 0.25) is 0 Å². The van der Waals surface area contributed by atoms with Gasteiger partial charge < -0.3 is 10.6 Å². The average molecular weight is 303 g/mol. The fourth-order valence-electron chi connectivity index (χ4n) is 1.84. The highest BCUT2D eigenvalue weighted by atomic mass is 35.5. The van der Waals surface area contributed by atoms with Crippen LogP contribution in [-0.2, 0) is 9.59 Å². The lowest BCUT2D eigenvalue weighted by molar-refractivity contribution is -0.133. The summed E-state index contributed by atoms with van der Waals surface area (Å²) in [7, 11) is 0. The largest absolute Gasteiger partial charge is 0.318 e. The predicted molar refractivity (Wildman–Crippen MR) is 84.6 cm³/mol. The molecule has 0 aliphatic heterocycles.